The van der Waals surface area contributed by atoms with E-state index in [0.717, 1.165) is 44.1 Å². The van der Waals surface area contributed by atoms with E-state index in [-0.39, 0.29) is 6.04 Å². The van der Waals surface area contributed by atoms with Crippen LogP contribution < -0.4 is 9.62 Å². The quantitative estimate of drug-likeness (QED) is 0.873. The summed E-state index contributed by atoms with van der Waals surface area (Å²) < 4.78 is 63.8. The fourth-order valence-electron chi connectivity index (χ4n) is 2.79. The molecule has 1 aromatic rings. The first-order valence-corrected chi connectivity index (χ1v) is 9.37. The molecular formula is C15H19F3N2O3S. The van der Waals surface area contributed by atoms with Crippen LogP contribution in [0.15, 0.2) is 24.3 Å². The molecule has 9 heteroatoms. The van der Waals surface area contributed by atoms with Crippen molar-refractivity contribution in [3.63, 3.8) is 0 Å². The van der Waals surface area contributed by atoms with Crippen LogP contribution in [0.25, 0.3) is 0 Å². The van der Waals surface area contributed by atoms with Gasteiger partial charge in [0.05, 0.1) is 17.5 Å². The molecule has 0 atom stereocenters. The number of nitrogens with zero attached hydrogens (tertiary/aromatic N) is 1. The Bertz CT molecular complexity index is 698. The molecule has 1 aromatic carbocycles. The van der Waals surface area contributed by atoms with Gasteiger partial charge in [0.25, 0.3) is 0 Å². The van der Waals surface area contributed by atoms with Crippen LogP contribution in [0.3, 0.4) is 0 Å². The SMILES string of the molecule is CS(=O)(=O)N(CC(=O)NC1CCCC1)c1ccccc1C(F)(F)F. The molecule has 2 rings (SSSR count). The van der Waals surface area contributed by atoms with Gasteiger partial charge in [-0.05, 0) is 25.0 Å². The number of halogens is 3. The Labute approximate surface area is 138 Å². The fourth-order valence-corrected chi connectivity index (χ4v) is 3.65. The van der Waals surface area contributed by atoms with E-state index in [2.05, 4.69) is 5.32 Å². The van der Waals surface area contributed by atoms with Crippen molar-refractivity contribution in [3.05, 3.63) is 29.8 Å². The minimum Gasteiger partial charge on any atom is -0.352 e. The van der Waals surface area contributed by atoms with Crippen molar-refractivity contribution in [1.82, 2.24) is 5.32 Å². The molecule has 1 amide bonds. The maximum Gasteiger partial charge on any atom is 0.418 e. The number of alkyl halides is 3. The van der Waals surface area contributed by atoms with Gasteiger partial charge in [-0.1, -0.05) is 25.0 Å². The zero-order valence-corrected chi connectivity index (χ0v) is 14.0. The van der Waals surface area contributed by atoms with E-state index in [0.29, 0.717) is 4.31 Å². The summed E-state index contributed by atoms with van der Waals surface area (Å²) in [6.45, 7) is -0.678. The highest BCUT2D eigenvalue weighted by atomic mass is 32.2. The van der Waals surface area contributed by atoms with Crippen molar-refractivity contribution in [1.29, 1.82) is 0 Å². The molecular weight excluding hydrogens is 345 g/mol. The summed E-state index contributed by atoms with van der Waals surface area (Å²) >= 11 is 0. The van der Waals surface area contributed by atoms with Crippen LogP contribution in [-0.2, 0) is 21.0 Å². The van der Waals surface area contributed by atoms with Crippen LogP contribution in [0.2, 0.25) is 0 Å². The molecule has 0 heterocycles. The molecule has 1 aliphatic carbocycles. The Morgan fingerprint density at radius 3 is 2.38 bits per heavy atom. The number of anilines is 1. The van der Waals surface area contributed by atoms with Gasteiger partial charge in [-0.25, -0.2) is 8.42 Å². The van der Waals surface area contributed by atoms with E-state index in [4.69, 9.17) is 0 Å². The van der Waals surface area contributed by atoms with Gasteiger partial charge in [0.15, 0.2) is 0 Å². The topological polar surface area (TPSA) is 66.5 Å². The highest BCUT2D eigenvalue weighted by Crippen LogP contribution is 2.37. The van der Waals surface area contributed by atoms with E-state index in [1.54, 1.807) is 0 Å². The van der Waals surface area contributed by atoms with E-state index < -0.39 is 39.9 Å². The van der Waals surface area contributed by atoms with Gasteiger partial charge in [0, 0.05) is 6.04 Å². The Kier molecular flexibility index (Phi) is 5.42. The van der Waals surface area contributed by atoms with Crippen molar-refractivity contribution in [3.8, 4) is 0 Å². The van der Waals surface area contributed by atoms with Crippen LogP contribution >= 0.6 is 0 Å². The van der Waals surface area contributed by atoms with Gasteiger partial charge in [-0.15, -0.1) is 0 Å². The standard InChI is InChI=1S/C15H19F3N2O3S/c1-24(22,23)20(10-14(21)19-11-6-2-3-7-11)13-9-5-4-8-12(13)15(16,17)18/h4-5,8-9,11H,2-3,6-7,10H2,1H3,(H,19,21). The maximum atomic E-state index is 13.1. The lowest BCUT2D eigenvalue weighted by Gasteiger charge is -2.25. The van der Waals surface area contributed by atoms with Crippen LogP contribution in [-0.4, -0.2) is 33.2 Å². The number of carbonyl (C=O) groups is 1. The normalized spacial score (nSPS) is 16.2. The number of para-hydroxylation sites is 1. The van der Waals surface area contributed by atoms with Crippen molar-refractivity contribution in [2.24, 2.45) is 0 Å². The van der Waals surface area contributed by atoms with Gasteiger partial charge in [-0.2, -0.15) is 13.2 Å². The number of hydrogen-bond acceptors (Lipinski definition) is 3. The third kappa shape index (κ3) is 4.62. The molecule has 24 heavy (non-hydrogen) atoms. The number of rotatable bonds is 5. The summed E-state index contributed by atoms with van der Waals surface area (Å²) in [6.07, 6.45) is -0.409. The average Bonchev–Trinajstić information content (AvgIpc) is 2.95. The molecule has 0 aliphatic heterocycles. The Morgan fingerprint density at radius 2 is 1.83 bits per heavy atom. The fraction of sp³-hybridized carbons (Fsp3) is 0.533. The van der Waals surface area contributed by atoms with E-state index in [9.17, 15) is 26.4 Å². The van der Waals surface area contributed by atoms with Gasteiger partial charge in [0.1, 0.15) is 6.54 Å². The lowest BCUT2D eigenvalue weighted by Crippen LogP contribution is -2.43. The van der Waals surface area contributed by atoms with E-state index >= 15 is 0 Å². The predicted molar refractivity (Wildman–Crippen MR) is 84.0 cm³/mol. The molecule has 1 aliphatic rings. The number of benzene rings is 1. The summed E-state index contributed by atoms with van der Waals surface area (Å²) in [4.78, 5) is 12.1. The number of hydrogen-bond donors (Lipinski definition) is 1. The van der Waals surface area contributed by atoms with Gasteiger partial charge in [0.2, 0.25) is 15.9 Å². The molecule has 1 N–H and O–H groups in total. The summed E-state index contributed by atoms with van der Waals surface area (Å²) in [5, 5.41) is 2.68. The van der Waals surface area contributed by atoms with Crippen LogP contribution in [0.5, 0.6) is 0 Å². The van der Waals surface area contributed by atoms with Gasteiger partial charge < -0.3 is 5.32 Å². The molecule has 5 nitrogen and oxygen atoms in total. The summed E-state index contributed by atoms with van der Waals surface area (Å²) in [5.74, 6) is -0.607. The second kappa shape index (κ2) is 7.00. The third-order valence-corrected chi connectivity index (χ3v) is 5.01. The summed E-state index contributed by atoms with van der Waals surface area (Å²) in [5.41, 5.74) is -1.64. The minimum absolute atomic E-state index is 0.0447. The molecule has 134 valence electrons. The molecule has 0 radical (unpaired) electrons. The Hall–Kier alpha value is -1.77. The summed E-state index contributed by atoms with van der Waals surface area (Å²) in [6, 6.07) is 4.27. The van der Waals surface area contributed by atoms with Gasteiger partial charge in [-0.3, -0.25) is 9.10 Å². The van der Waals surface area contributed by atoms with Crippen molar-refractivity contribution >= 4 is 21.6 Å². The first-order chi connectivity index (χ1) is 11.1. The number of sulfonamides is 1. The predicted octanol–water partition coefficient (Wildman–Crippen LogP) is 2.53. The zero-order chi connectivity index (χ0) is 18.0. The van der Waals surface area contributed by atoms with E-state index in [1.807, 2.05) is 0 Å². The molecule has 1 fully saturated rings. The summed E-state index contributed by atoms with van der Waals surface area (Å²) in [7, 11) is -4.06. The van der Waals surface area contributed by atoms with Crippen LogP contribution in [0.1, 0.15) is 31.2 Å². The first-order valence-electron chi connectivity index (χ1n) is 7.52. The second-order valence-electron chi connectivity index (χ2n) is 5.83. The molecule has 0 spiro atoms. The molecule has 0 bridgehead atoms. The Morgan fingerprint density at radius 1 is 1.25 bits per heavy atom. The zero-order valence-electron chi connectivity index (χ0n) is 13.1. The molecule has 1 saturated carbocycles. The lowest BCUT2D eigenvalue weighted by atomic mass is 10.1. The number of carbonyl (C=O) groups excluding carboxylic acids is 1. The average molecular weight is 364 g/mol. The second-order valence-corrected chi connectivity index (χ2v) is 7.74. The molecule has 0 unspecified atom stereocenters. The lowest BCUT2D eigenvalue weighted by molar-refractivity contribution is -0.137. The highest BCUT2D eigenvalue weighted by molar-refractivity contribution is 7.92. The Balaban J connectivity index is 2.28. The van der Waals surface area contributed by atoms with Crippen molar-refractivity contribution in [2.45, 2.75) is 37.9 Å². The maximum absolute atomic E-state index is 13.1. The minimum atomic E-state index is -4.72. The monoisotopic (exact) mass is 364 g/mol. The van der Waals surface area contributed by atoms with Gasteiger partial charge >= 0.3 is 6.18 Å². The first kappa shape index (κ1) is 18.6. The van der Waals surface area contributed by atoms with Crippen LogP contribution in [0, 0.1) is 0 Å². The van der Waals surface area contributed by atoms with Crippen molar-refractivity contribution in [2.75, 3.05) is 17.1 Å². The van der Waals surface area contributed by atoms with Crippen LogP contribution in [0.4, 0.5) is 18.9 Å². The molecule has 0 aromatic heterocycles. The van der Waals surface area contributed by atoms with E-state index in [1.165, 1.54) is 12.1 Å². The number of nitrogens with one attached hydrogen (secondary N) is 1. The largest absolute Gasteiger partial charge is 0.418 e. The third-order valence-electron chi connectivity index (χ3n) is 3.89. The molecule has 0 saturated heterocycles. The number of amides is 1. The smallest absolute Gasteiger partial charge is 0.352 e. The highest BCUT2D eigenvalue weighted by Gasteiger charge is 2.37. The van der Waals surface area contributed by atoms with Crippen molar-refractivity contribution < 1.29 is 26.4 Å².